The maximum absolute atomic E-state index is 12.9. The van der Waals surface area contributed by atoms with Gasteiger partial charge in [0, 0.05) is 18.3 Å². The number of H-pyrrole nitrogens is 1. The number of pyridine rings is 1. The second-order valence-corrected chi connectivity index (χ2v) is 7.31. The van der Waals surface area contributed by atoms with Crippen molar-refractivity contribution >= 4 is 11.6 Å². The van der Waals surface area contributed by atoms with Gasteiger partial charge in [-0.25, -0.2) is 4.98 Å². The number of ether oxygens (including phenoxy) is 1. The van der Waals surface area contributed by atoms with Crippen LogP contribution in [0.15, 0.2) is 54.7 Å². The quantitative estimate of drug-likeness (QED) is 0.666. The smallest absolute Gasteiger partial charge is 0.241 e. The fraction of sp³-hybridized carbons (Fsp3) is 0.318. The first-order valence-electron chi connectivity index (χ1n) is 9.92. The summed E-state index contributed by atoms with van der Waals surface area (Å²) in [6.45, 7) is 3.55. The maximum Gasteiger partial charge on any atom is 0.241 e. The van der Waals surface area contributed by atoms with Crippen molar-refractivity contribution in [2.45, 2.75) is 38.8 Å². The number of para-hydroxylation sites is 1. The molecule has 1 fully saturated rings. The summed E-state index contributed by atoms with van der Waals surface area (Å²) in [5.74, 6) is 1.21. The normalized spacial score (nSPS) is 17.1. The molecule has 0 radical (unpaired) electrons. The van der Waals surface area contributed by atoms with Gasteiger partial charge in [0.15, 0.2) is 0 Å². The van der Waals surface area contributed by atoms with Gasteiger partial charge in [-0.1, -0.05) is 24.6 Å². The van der Waals surface area contributed by atoms with Gasteiger partial charge in [0.1, 0.15) is 5.75 Å². The molecule has 0 saturated carbocycles. The molecule has 0 spiro atoms. The van der Waals surface area contributed by atoms with Crippen LogP contribution in [0.25, 0.3) is 0 Å². The molecule has 1 aliphatic heterocycles. The Bertz CT molecular complexity index is 939. The van der Waals surface area contributed by atoms with E-state index in [2.05, 4.69) is 25.4 Å². The highest BCUT2D eigenvalue weighted by Gasteiger charge is 2.29. The molecule has 150 valence electrons. The summed E-state index contributed by atoms with van der Waals surface area (Å²) < 4.78 is 5.70. The van der Waals surface area contributed by atoms with Crippen LogP contribution < -0.4 is 10.1 Å². The number of anilines is 1. The van der Waals surface area contributed by atoms with Crippen molar-refractivity contribution in [1.82, 2.24) is 20.1 Å². The van der Waals surface area contributed by atoms with Crippen LogP contribution in [0.1, 0.15) is 30.7 Å². The number of carbonyl (C=O) groups excluding carboxylic acids is 1. The molecule has 7 nitrogen and oxygen atoms in total. The number of aryl methyl sites for hydroxylation is 1. The topological polar surface area (TPSA) is 83.1 Å². The maximum atomic E-state index is 12.9. The van der Waals surface area contributed by atoms with Crippen LogP contribution in [0.3, 0.4) is 0 Å². The van der Waals surface area contributed by atoms with E-state index in [4.69, 9.17) is 4.74 Å². The van der Waals surface area contributed by atoms with E-state index < -0.39 is 0 Å². The third kappa shape index (κ3) is 5.00. The molecule has 7 heteroatoms. The van der Waals surface area contributed by atoms with Gasteiger partial charge in [0.05, 0.1) is 23.6 Å². The van der Waals surface area contributed by atoms with Crippen molar-refractivity contribution < 1.29 is 9.53 Å². The molecule has 1 amide bonds. The number of benzene rings is 1. The average molecular weight is 391 g/mol. The molecule has 4 rings (SSSR count). The average Bonchev–Trinajstić information content (AvgIpc) is 3.15. The summed E-state index contributed by atoms with van der Waals surface area (Å²) in [6.07, 6.45) is 4.62. The van der Waals surface area contributed by atoms with E-state index in [0.29, 0.717) is 18.1 Å². The number of likely N-dealkylation sites (tertiary alicyclic amines) is 1. The van der Waals surface area contributed by atoms with Crippen molar-refractivity contribution in [3.05, 3.63) is 66.1 Å². The molecule has 3 heterocycles. The molecule has 1 saturated heterocycles. The largest absolute Gasteiger partial charge is 0.439 e. The summed E-state index contributed by atoms with van der Waals surface area (Å²) >= 11 is 0. The van der Waals surface area contributed by atoms with Crippen LogP contribution in [-0.2, 0) is 11.3 Å². The molecule has 1 atom stereocenters. The lowest BCUT2D eigenvalue weighted by atomic mass is 10.0. The van der Waals surface area contributed by atoms with Crippen molar-refractivity contribution in [1.29, 1.82) is 0 Å². The van der Waals surface area contributed by atoms with E-state index in [-0.39, 0.29) is 11.9 Å². The summed E-state index contributed by atoms with van der Waals surface area (Å²) in [5, 5.41) is 10.3. The monoisotopic (exact) mass is 391 g/mol. The minimum atomic E-state index is -0.166. The standard InChI is InChI=1S/C22H25N5O2/c1-16-13-18(26-25-16)15-27-12-6-5-9-20(27)22(28)24-17-10-11-21(23-14-17)29-19-7-3-2-4-8-19/h2-4,7-8,10-11,13-14,20H,5-6,9,12,15H2,1H3,(H,24,28)(H,25,26). The van der Waals surface area contributed by atoms with E-state index in [9.17, 15) is 4.79 Å². The van der Waals surface area contributed by atoms with Gasteiger partial charge in [-0.2, -0.15) is 5.10 Å². The van der Waals surface area contributed by atoms with Crippen molar-refractivity contribution in [2.24, 2.45) is 0 Å². The first-order chi connectivity index (χ1) is 14.2. The lowest BCUT2D eigenvalue weighted by Crippen LogP contribution is -2.46. The molecule has 2 aromatic heterocycles. The second kappa shape index (κ2) is 8.87. The number of amides is 1. The van der Waals surface area contributed by atoms with Gasteiger partial charge in [-0.15, -0.1) is 0 Å². The summed E-state index contributed by atoms with van der Waals surface area (Å²) in [7, 11) is 0. The number of rotatable bonds is 6. The van der Waals surface area contributed by atoms with Gasteiger partial charge in [0.25, 0.3) is 0 Å². The van der Waals surface area contributed by atoms with Gasteiger partial charge >= 0.3 is 0 Å². The Balaban J connectivity index is 1.38. The number of hydrogen-bond acceptors (Lipinski definition) is 5. The Morgan fingerprint density at radius 1 is 1.24 bits per heavy atom. The molecule has 29 heavy (non-hydrogen) atoms. The van der Waals surface area contributed by atoms with Crippen LogP contribution in [0.4, 0.5) is 5.69 Å². The molecule has 1 aromatic carbocycles. The van der Waals surface area contributed by atoms with Gasteiger partial charge < -0.3 is 10.1 Å². The highest BCUT2D eigenvalue weighted by Crippen LogP contribution is 2.23. The third-order valence-electron chi connectivity index (χ3n) is 5.01. The predicted molar refractivity (Wildman–Crippen MR) is 111 cm³/mol. The minimum absolute atomic E-state index is 0.00418. The Hall–Kier alpha value is -3.19. The molecule has 3 aromatic rings. The SMILES string of the molecule is Cc1cc(CN2CCCCC2C(=O)Nc2ccc(Oc3ccccc3)nc2)n[nH]1. The molecular weight excluding hydrogens is 366 g/mol. The minimum Gasteiger partial charge on any atom is -0.439 e. The van der Waals surface area contributed by atoms with Crippen LogP contribution in [0.2, 0.25) is 0 Å². The number of aromatic amines is 1. The lowest BCUT2D eigenvalue weighted by molar-refractivity contribution is -0.122. The molecule has 2 N–H and O–H groups in total. The number of nitrogens with zero attached hydrogens (tertiary/aromatic N) is 3. The predicted octanol–water partition coefficient (Wildman–Crippen LogP) is 3.90. The number of carbonyl (C=O) groups is 1. The van der Waals surface area contributed by atoms with E-state index in [0.717, 1.165) is 42.9 Å². The Labute approximate surface area is 170 Å². The third-order valence-corrected chi connectivity index (χ3v) is 5.01. The fourth-order valence-electron chi connectivity index (χ4n) is 3.59. The highest BCUT2D eigenvalue weighted by molar-refractivity contribution is 5.94. The van der Waals surface area contributed by atoms with Crippen LogP contribution in [0.5, 0.6) is 11.6 Å². The van der Waals surface area contributed by atoms with Gasteiger partial charge in [0.2, 0.25) is 11.8 Å². The fourth-order valence-corrected chi connectivity index (χ4v) is 3.59. The zero-order chi connectivity index (χ0) is 20.1. The van der Waals surface area contributed by atoms with Gasteiger partial charge in [-0.3, -0.25) is 14.8 Å². The molecule has 1 aliphatic rings. The van der Waals surface area contributed by atoms with E-state index in [1.165, 1.54) is 0 Å². The van der Waals surface area contributed by atoms with Crippen molar-refractivity contribution in [3.63, 3.8) is 0 Å². The second-order valence-electron chi connectivity index (χ2n) is 7.31. The number of hydrogen-bond donors (Lipinski definition) is 2. The molecular formula is C22H25N5O2. The summed E-state index contributed by atoms with van der Waals surface area (Å²) in [6, 6.07) is 14.9. The van der Waals surface area contributed by atoms with Crippen molar-refractivity contribution in [3.8, 4) is 11.6 Å². The van der Waals surface area contributed by atoms with E-state index in [1.54, 1.807) is 12.3 Å². The lowest BCUT2D eigenvalue weighted by Gasteiger charge is -2.34. The van der Waals surface area contributed by atoms with Crippen LogP contribution in [-0.4, -0.2) is 38.6 Å². The molecule has 0 aliphatic carbocycles. The zero-order valence-corrected chi connectivity index (χ0v) is 16.5. The Morgan fingerprint density at radius 3 is 2.83 bits per heavy atom. The number of aromatic nitrogens is 3. The number of nitrogens with one attached hydrogen (secondary N) is 2. The Kier molecular flexibility index (Phi) is 5.86. The first kappa shape index (κ1) is 19.1. The molecule has 0 bridgehead atoms. The van der Waals surface area contributed by atoms with Gasteiger partial charge in [-0.05, 0) is 50.6 Å². The first-order valence-corrected chi connectivity index (χ1v) is 9.92. The van der Waals surface area contributed by atoms with E-state index in [1.807, 2.05) is 49.4 Å². The highest BCUT2D eigenvalue weighted by atomic mass is 16.5. The molecule has 1 unspecified atom stereocenters. The van der Waals surface area contributed by atoms with Crippen molar-refractivity contribution in [2.75, 3.05) is 11.9 Å². The summed E-state index contributed by atoms with van der Waals surface area (Å²) in [5.41, 5.74) is 2.66. The van der Waals surface area contributed by atoms with Crippen LogP contribution in [0, 0.1) is 6.92 Å². The van der Waals surface area contributed by atoms with E-state index >= 15 is 0 Å². The summed E-state index contributed by atoms with van der Waals surface area (Å²) in [4.78, 5) is 19.4. The van der Waals surface area contributed by atoms with Crippen LogP contribution >= 0.6 is 0 Å². The Morgan fingerprint density at radius 2 is 2.10 bits per heavy atom. The number of piperidine rings is 1. The zero-order valence-electron chi connectivity index (χ0n) is 16.5.